The highest BCUT2D eigenvalue weighted by Crippen LogP contribution is 2.16. The van der Waals surface area contributed by atoms with Crippen LogP contribution in [0.15, 0.2) is 24.3 Å². The van der Waals surface area contributed by atoms with Crippen molar-refractivity contribution in [2.45, 2.75) is 40.2 Å². The van der Waals surface area contributed by atoms with Crippen molar-refractivity contribution in [1.29, 1.82) is 0 Å². The second-order valence-corrected chi connectivity index (χ2v) is 5.42. The second kappa shape index (κ2) is 8.59. The molecule has 1 rings (SSSR count). The Labute approximate surface area is 121 Å². The maximum absolute atomic E-state index is 11.5. The van der Waals surface area contributed by atoms with Crippen LogP contribution >= 0.6 is 0 Å². The first-order chi connectivity index (χ1) is 9.52. The molecule has 1 aromatic carbocycles. The van der Waals surface area contributed by atoms with E-state index in [1.54, 1.807) is 0 Å². The van der Waals surface area contributed by atoms with E-state index in [1.165, 1.54) is 5.56 Å². The van der Waals surface area contributed by atoms with Gasteiger partial charge in [-0.05, 0) is 43.5 Å². The molecule has 1 atom stereocenters. The van der Waals surface area contributed by atoms with E-state index < -0.39 is 6.09 Å². The minimum absolute atomic E-state index is 0.317. The number of carbonyl (C=O) groups is 1. The molecule has 0 heterocycles. The molecule has 0 aliphatic carbocycles. The van der Waals surface area contributed by atoms with Crippen LogP contribution in [0, 0.1) is 5.92 Å². The number of ether oxygens (including phenoxy) is 1. The van der Waals surface area contributed by atoms with E-state index in [1.807, 2.05) is 38.1 Å². The van der Waals surface area contributed by atoms with Crippen molar-refractivity contribution in [1.82, 2.24) is 5.32 Å². The molecule has 4 heteroatoms. The lowest BCUT2D eigenvalue weighted by Gasteiger charge is -2.14. The number of nitrogens with one attached hydrogen (secondary N) is 2. The first kappa shape index (κ1) is 16.5. The van der Waals surface area contributed by atoms with Crippen LogP contribution in [0.4, 0.5) is 10.5 Å². The van der Waals surface area contributed by atoms with Gasteiger partial charge in [-0.25, -0.2) is 4.79 Å². The Morgan fingerprint density at radius 1 is 1.20 bits per heavy atom. The minimum Gasteiger partial charge on any atom is -0.449 e. The molecule has 112 valence electrons. The molecular weight excluding hydrogens is 252 g/mol. The molecule has 2 N–H and O–H groups in total. The van der Waals surface area contributed by atoms with Crippen molar-refractivity contribution in [3.8, 4) is 0 Å². The van der Waals surface area contributed by atoms with Gasteiger partial charge in [-0.15, -0.1) is 0 Å². The van der Waals surface area contributed by atoms with Crippen LogP contribution in [0.2, 0.25) is 0 Å². The zero-order valence-electron chi connectivity index (χ0n) is 12.9. The molecule has 1 unspecified atom stereocenters. The van der Waals surface area contributed by atoms with Gasteiger partial charge in [-0.1, -0.05) is 32.9 Å². The first-order valence-corrected chi connectivity index (χ1v) is 7.30. The summed E-state index contributed by atoms with van der Waals surface area (Å²) in [6.07, 6.45) is 0.717. The average molecular weight is 278 g/mol. The van der Waals surface area contributed by atoms with Gasteiger partial charge in [0.25, 0.3) is 0 Å². The molecule has 0 spiro atoms. The number of amides is 1. The van der Waals surface area contributed by atoms with Crippen molar-refractivity contribution < 1.29 is 9.53 Å². The second-order valence-electron chi connectivity index (χ2n) is 5.42. The maximum atomic E-state index is 11.5. The third-order valence-corrected chi connectivity index (χ3v) is 2.91. The van der Waals surface area contributed by atoms with Gasteiger partial charge in [0.15, 0.2) is 0 Å². The smallest absolute Gasteiger partial charge is 0.411 e. The van der Waals surface area contributed by atoms with Crippen molar-refractivity contribution in [3.05, 3.63) is 29.8 Å². The maximum Gasteiger partial charge on any atom is 0.411 e. The van der Waals surface area contributed by atoms with Crippen LogP contribution in [0.3, 0.4) is 0 Å². The predicted molar refractivity (Wildman–Crippen MR) is 83.0 cm³/mol. The van der Waals surface area contributed by atoms with Crippen molar-refractivity contribution in [3.63, 3.8) is 0 Å². The third-order valence-electron chi connectivity index (χ3n) is 2.91. The zero-order valence-corrected chi connectivity index (χ0v) is 12.9. The van der Waals surface area contributed by atoms with Crippen molar-refractivity contribution in [2.75, 3.05) is 18.5 Å². The molecule has 0 aliphatic heterocycles. The Morgan fingerprint density at radius 3 is 2.40 bits per heavy atom. The summed E-state index contributed by atoms with van der Waals surface area (Å²) in [4.78, 5) is 11.5. The summed E-state index contributed by atoms with van der Waals surface area (Å²) < 4.78 is 5.08. The molecule has 1 amide bonds. The van der Waals surface area contributed by atoms with Crippen LogP contribution in [0.5, 0.6) is 0 Å². The van der Waals surface area contributed by atoms with E-state index in [9.17, 15) is 4.79 Å². The van der Waals surface area contributed by atoms with Gasteiger partial charge in [0.05, 0.1) is 6.61 Å². The molecule has 0 aliphatic rings. The monoisotopic (exact) mass is 278 g/mol. The van der Waals surface area contributed by atoms with Crippen molar-refractivity contribution in [2.24, 2.45) is 5.92 Å². The summed E-state index contributed by atoms with van der Waals surface area (Å²) in [5, 5.41) is 6.15. The summed E-state index contributed by atoms with van der Waals surface area (Å²) in [6, 6.07) is 8.15. The summed E-state index contributed by atoms with van der Waals surface area (Å²) in [5.74, 6) is 0.341. The fraction of sp³-hybridized carbons (Fsp3) is 0.562. The van der Waals surface area contributed by atoms with Crippen LogP contribution < -0.4 is 10.6 Å². The molecule has 1 aromatic rings. The van der Waals surface area contributed by atoms with Gasteiger partial charge >= 0.3 is 6.09 Å². The number of hydrogen-bond acceptors (Lipinski definition) is 3. The van der Waals surface area contributed by atoms with E-state index in [2.05, 4.69) is 24.5 Å². The number of anilines is 1. The minimum atomic E-state index is -0.399. The molecule has 4 nitrogen and oxygen atoms in total. The summed E-state index contributed by atoms with van der Waals surface area (Å²) in [6.45, 7) is 9.73. The molecule has 0 radical (unpaired) electrons. The van der Waals surface area contributed by atoms with E-state index >= 15 is 0 Å². The molecule has 0 fully saturated rings. The lowest BCUT2D eigenvalue weighted by atomic mass is 10.1. The molecule has 0 bridgehead atoms. The Hall–Kier alpha value is -1.55. The zero-order chi connectivity index (χ0) is 15.0. The highest BCUT2D eigenvalue weighted by Gasteiger charge is 2.06. The molecule has 0 saturated heterocycles. The SMILES string of the molecule is CCCNC(C)c1ccc(NC(=O)OCC(C)C)cc1. The van der Waals surface area contributed by atoms with Gasteiger partial charge in [0.2, 0.25) is 0 Å². The molecule has 20 heavy (non-hydrogen) atoms. The van der Waals surface area contributed by atoms with Gasteiger partial charge < -0.3 is 10.1 Å². The fourth-order valence-corrected chi connectivity index (χ4v) is 1.73. The third kappa shape index (κ3) is 6.06. The van der Waals surface area contributed by atoms with Crippen molar-refractivity contribution >= 4 is 11.8 Å². The Bertz CT molecular complexity index is 401. The standard InChI is InChI=1S/C16H26N2O2/c1-5-10-17-13(4)14-6-8-15(9-7-14)18-16(19)20-11-12(2)3/h6-9,12-13,17H,5,10-11H2,1-4H3,(H,18,19). The molecule has 0 saturated carbocycles. The number of hydrogen-bond donors (Lipinski definition) is 2. The molecule has 0 aromatic heterocycles. The topological polar surface area (TPSA) is 50.4 Å². The number of benzene rings is 1. The summed E-state index contributed by atoms with van der Waals surface area (Å²) >= 11 is 0. The summed E-state index contributed by atoms with van der Waals surface area (Å²) in [5.41, 5.74) is 1.96. The first-order valence-electron chi connectivity index (χ1n) is 7.30. The van der Waals surface area contributed by atoms with Gasteiger partial charge in [-0.2, -0.15) is 0 Å². The van der Waals surface area contributed by atoms with Crippen LogP contribution in [-0.4, -0.2) is 19.2 Å². The van der Waals surface area contributed by atoms with E-state index in [0.717, 1.165) is 18.7 Å². The number of carbonyl (C=O) groups excluding carboxylic acids is 1. The Kier molecular flexibility index (Phi) is 7.09. The fourth-order valence-electron chi connectivity index (χ4n) is 1.73. The van der Waals surface area contributed by atoms with Crippen LogP contribution in [0.25, 0.3) is 0 Å². The van der Waals surface area contributed by atoms with Gasteiger partial charge in [0.1, 0.15) is 0 Å². The quantitative estimate of drug-likeness (QED) is 0.794. The normalized spacial score (nSPS) is 12.2. The largest absolute Gasteiger partial charge is 0.449 e. The van der Waals surface area contributed by atoms with Gasteiger partial charge in [0, 0.05) is 11.7 Å². The van der Waals surface area contributed by atoms with E-state index in [-0.39, 0.29) is 0 Å². The van der Waals surface area contributed by atoms with E-state index in [4.69, 9.17) is 4.74 Å². The summed E-state index contributed by atoms with van der Waals surface area (Å²) in [7, 11) is 0. The lowest BCUT2D eigenvalue weighted by Crippen LogP contribution is -2.19. The molecular formula is C16H26N2O2. The van der Waals surface area contributed by atoms with E-state index in [0.29, 0.717) is 18.6 Å². The van der Waals surface area contributed by atoms with Gasteiger partial charge in [-0.3, -0.25) is 5.32 Å². The highest BCUT2D eigenvalue weighted by atomic mass is 16.5. The highest BCUT2D eigenvalue weighted by molar-refractivity contribution is 5.84. The Morgan fingerprint density at radius 2 is 1.85 bits per heavy atom. The number of rotatable bonds is 7. The van der Waals surface area contributed by atoms with Crippen LogP contribution in [-0.2, 0) is 4.74 Å². The Balaban J connectivity index is 2.47. The predicted octanol–water partition coefficient (Wildman–Crippen LogP) is 3.95. The average Bonchev–Trinajstić information content (AvgIpc) is 2.43. The van der Waals surface area contributed by atoms with Crippen LogP contribution in [0.1, 0.15) is 45.7 Å². The lowest BCUT2D eigenvalue weighted by molar-refractivity contribution is 0.147.